The van der Waals surface area contributed by atoms with Crippen molar-refractivity contribution in [2.24, 2.45) is 0 Å². The molecule has 2 aromatic carbocycles. The summed E-state index contributed by atoms with van der Waals surface area (Å²) in [6.45, 7) is 8.11. The van der Waals surface area contributed by atoms with Crippen molar-refractivity contribution in [2.45, 2.75) is 53.0 Å². The normalized spacial score (nSPS) is 15.7. The lowest BCUT2D eigenvalue weighted by molar-refractivity contribution is -0.142. The maximum absolute atomic E-state index is 13.6. The molecule has 2 heterocycles. The standard InChI is InChI=1S/C31H32N4O3/c1-5-7-16-38-26-15-11-12-23(17-26)29-24(20-34(33-29)25-13-9-8-10-14-25)18-27-22(4)28(19-32)31(37)35(30(27)36)21(3)6-2/h8-15,17-18,20-21H,5-7,16H2,1-4H3/b27-18+. The van der Waals surface area contributed by atoms with E-state index in [0.29, 0.717) is 35.4 Å². The summed E-state index contributed by atoms with van der Waals surface area (Å²) in [7, 11) is 0. The van der Waals surface area contributed by atoms with E-state index in [4.69, 9.17) is 9.84 Å². The van der Waals surface area contributed by atoms with Gasteiger partial charge in [0.25, 0.3) is 11.8 Å². The molecular formula is C31H32N4O3. The van der Waals surface area contributed by atoms with Crippen LogP contribution in [0.15, 0.2) is 77.5 Å². The summed E-state index contributed by atoms with van der Waals surface area (Å²) in [5, 5.41) is 14.6. The molecule has 2 amide bonds. The molecule has 3 aromatic rings. The van der Waals surface area contributed by atoms with E-state index in [1.165, 1.54) is 4.90 Å². The third-order valence-electron chi connectivity index (χ3n) is 6.74. The Kier molecular flexibility index (Phi) is 8.22. The van der Waals surface area contributed by atoms with Crippen LogP contribution in [0.5, 0.6) is 5.75 Å². The minimum atomic E-state index is -0.543. The van der Waals surface area contributed by atoms with E-state index < -0.39 is 11.8 Å². The van der Waals surface area contributed by atoms with Gasteiger partial charge in [-0.25, -0.2) is 4.68 Å². The summed E-state index contributed by atoms with van der Waals surface area (Å²) < 4.78 is 7.69. The number of carbonyl (C=O) groups excluding carboxylic acids is 2. The molecule has 1 aromatic heterocycles. The zero-order valence-electron chi connectivity index (χ0n) is 22.3. The smallest absolute Gasteiger partial charge is 0.271 e. The lowest BCUT2D eigenvalue weighted by atomic mass is 9.92. The highest BCUT2D eigenvalue weighted by Gasteiger charge is 2.37. The van der Waals surface area contributed by atoms with Crippen LogP contribution in [0.3, 0.4) is 0 Å². The molecule has 7 nitrogen and oxygen atoms in total. The maximum atomic E-state index is 13.6. The number of aromatic nitrogens is 2. The van der Waals surface area contributed by atoms with Crippen LogP contribution in [0, 0.1) is 11.3 Å². The van der Waals surface area contributed by atoms with Gasteiger partial charge in [-0.2, -0.15) is 10.4 Å². The highest BCUT2D eigenvalue weighted by molar-refractivity contribution is 6.20. The molecule has 1 unspecified atom stereocenters. The van der Waals surface area contributed by atoms with Crippen LogP contribution in [0.1, 0.15) is 52.5 Å². The highest BCUT2D eigenvalue weighted by atomic mass is 16.5. The van der Waals surface area contributed by atoms with E-state index in [-0.39, 0.29) is 11.6 Å². The van der Waals surface area contributed by atoms with E-state index in [9.17, 15) is 14.9 Å². The van der Waals surface area contributed by atoms with Gasteiger partial charge < -0.3 is 4.74 Å². The van der Waals surface area contributed by atoms with Gasteiger partial charge in [0.2, 0.25) is 0 Å². The van der Waals surface area contributed by atoms with Gasteiger partial charge >= 0.3 is 0 Å². The number of nitrogens with zero attached hydrogens (tertiary/aromatic N) is 4. The van der Waals surface area contributed by atoms with Gasteiger partial charge in [0.1, 0.15) is 23.1 Å². The predicted molar refractivity (Wildman–Crippen MR) is 147 cm³/mol. The van der Waals surface area contributed by atoms with Crippen LogP contribution in [-0.4, -0.2) is 39.1 Å². The first kappa shape index (κ1) is 26.6. The van der Waals surface area contributed by atoms with Gasteiger partial charge in [-0.15, -0.1) is 0 Å². The number of hydrogen-bond acceptors (Lipinski definition) is 5. The van der Waals surface area contributed by atoms with Crippen molar-refractivity contribution >= 4 is 17.9 Å². The van der Waals surface area contributed by atoms with Crippen molar-refractivity contribution in [2.75, 3.05) is 6.61 Å². The third kappa shape index (κ3) is 5.30. The first-order chi connectivity index (χ1) is 18.4. The van der Waals surface area contributed by atoms with Gasteiger partial charge in [-0.1, -0.05) is 50.6 Å². The van der Waals surface area contributed by atoms with Gasteiger partial charge in [0.15, 0.2) is 0 Å². The summed E-state index contributed by atoms with van der Waals surface area (Å²) in [5.74, 6) is -0.205. The number of hydrogen-bond donors (Lipinski definition) is 0. The first-order valence-electron chi connectivity index (χ1n) is 13.0. The predicted octanol–water partition coefficient (Wildman–Crippen LogP) is 6.11. The van der Waals surface area contributed by atoms with Crippen LogP contribution >= 0.6 is 0 Å². The SMILES string of the molecule is CCCCOc1cccc(-c2nn(-c3ccccc3)cc2/C=C2/C(=O)N(C(C)CC)C(=O)C(C#N)=C2C)c1. The minimum Gasteiger partial charge on any atom is -0.494 e. The van der Waals surface area contributed by atoms with Gasteiger partial charge in [0.05, 0.1) is 12.3 Å². The second kappa shape index (κ2) is 11.7. The molecule has 194 valence electrons. The average Bonchev–Trinajstić information content (AvgIpc) is 3.36. The lowest BCUT2D eigenvalue weighted by Gasteiger charge is -2.31. The topological polar surface area (TPSA) is 88.2 Å². The first-order valence-corrected chi connectivity index (χ1v) is 13.0. The van der Waals surface area contributed by atoms with Gasteiger partial charge in [-0.05, 0) is 62.6 Å². The van der Waals surface area contributed by atoms with Crippen molar-refractivity contribution in [1.82, 2.24) is 14.7 Å². The molecule has 0 radical (unpaired) electrons. The van der Waals surface area contributed by atoms with Crippen LogP contribution in [0.25, 0.3) is 23.0 Å². The fourth-order valence-corrected chi connectivity index (χ4v) is 4.34. The van der Waals surface area contributed by atoms with Crippen LogP contribution in [0.2, 0.25) is 0 Å². The van der Waals surface area contributed by atoms with E-state index in [2.05, 4.69) is 6.92 Å². The molecular weight excluding hydrogens is 476 g/mol. The molecule has 0 fully saturated rings. The molecule has 0 spiro atoms. The number of carbonyl (C=O) groups is 2. The summed E-state index contributed by atoms with van der Waals surface area (Å²) in [6, 6.07) is 19.1. The minimum absolute atomic E-state index is 0.0144. The molecule has 1 aliphatic heterocycles. The van der Waals surface area contributed by atoms with Crippen molar-refractivity contribution in [3.63, 3.8) is 0 Å². The summed E-state index contributed by atoms with van der Waals surface area (Å²) in [6.07, 6.45) is 6.19. The summed E-state index contributed by atoms with van der Waals surface area (Å²) >= 11 is 0. The number of rotatable bonds is 9. The average molecular weight is 509 g/mol. The molecule has 1 atom stereocenters. The second-order valence-electron chi connectivity index (χ2n) is 9.35. The van der Waals surface area contributed by atoms with Crippen molar-refractivity contribution in [3.05, 3.63) is 83.1 Å². The largest absolute Gasteiger partial charge is 0.494 e. The molecule has 7 heteroatoms. The van der Waals surface area contributed by atoms with Crippen LogP contribution < -0.4 is 4.74 Å². The van der Waals surface area contributed by atoms with E-state index in [1.54, 1.807) is 17.7 Å². The summed E-state index contributed by atoms with van der Waals surface area (Å²) in [4.78, 5) is 27.7. The Morgan fingerprint density at radius 3 is 2.53 bits per heavy atom. The Morgan fingerprint density at radius 2 is 1.84 bits per heavy atom. The Morgan fingerprint density at radius 1 is 1.08 bits per heavy atom. The number of amides is 2. The lowest BCUT2D eigenvalue weighted by Crippen LogP contribution is -2.47. The number of benzene rings is 2. The third-order valence-corrected chi connectivity index (χ3v) is 6.74. The monoisotopic (exact) mass is 508 g/mol. The Hall–Kier alpha value is -4.44. The zero-order chi connectivity index (χ0) is 27.2. The maximum Gasteiger partial charge on any atom is 0.271 e. The van der Waals surface area contributed by atoms with Crippen LogP contribution in [0.4, 0.5) is 0 Å². The van der Waals surface area contributed by atoms with Gasteiger partial charge in [-0.3, -0.25) is 14.5 Å². The molecule has 0 aliphatic carbocycles. The fourth-order valence-electron chi connectivity index (χ4n) is 4.34. The number of nitriles is 1. The number of para-hydroxylation sites is 1. The van der Waals surface area contributed by atoms with Crippen molar-refractivity contribution in [1.29, 1.82) is 5.26 Å². The number of unbranched alkanes of at least 4 members (excludes halogenated alkanes) is 1. The van der Waals surface area contributed by atoms with E-state index in [1.807, 2.05) is 80.7 Å². The highest BCUT2D eigenvalue weighted by Crippen LogP contribution is 2.33. The molecule has 0 saturated carbocycles. The quantitative estimate of drug-likeness (QED) is 0.198. The fraction of sp³-hybridized carbons (Fsp3) is 0.290. The van der Waals surface area contributed by atoms with E-state index in [0.717, 1.165) is 29.8 Å². The van der Waals surface area contributed by atoms with Crippen LogP contribution in [-0.2, 0) is 9.59 Å². The molecule has 38 heavy (non-hydrogen) atoms. The molecule has 1 aliphatic rings. The number of ether oxygens (including phenoxy) is 1. The van der Waals surface area contributed by atoms with Crippen molar-refractivity contribution in [3.8, 4) is 28.8 Å². The summed E-state index contributed by atoms with van der Waals surface area (Å²) in [5.41, 5.74) is 3.72. The Labute approximate surface area is 223 Å². The van der Waals surface area contributed by atoms with Gasteiger partial charge in [0, 0.05) is 28.9 Å². The second-order valence-corrected chi connectivity index (χ2v) is 9.35. The molecule has 4 rings (SSSR count). The molecule has 0 N–H and O–H groups in total. The molecule has 0 saturated heterocycles. The van der Waals surface area contributed by atoms with Crippen molar-refractivity contribution < 1.29 is 14.3 Å². The van der Waals surface area contributed by atoms with E-state index >= 15 is 0 Å². The zero-order valence-corrected chi connectivity index (χ0v) is 22.3. The Bertz CT molecular complexity index is 1440. The molecule has 0 bridgehead atoms. The Balaban J connectivity index is 1.88. The number of imide groups is 1.